The van der Waals surface area contributed by atoms with Crippen molar-refractivity contribution in [3.63, 3.8) is 0 Å². The first-order valence-corrected chi connectivity index (χ1v) is 3.08. The molecule has 0 fully saturated rings. The first-order valence-electron chi connectivity index (χ1n) is 3.08. The Hall–Kier alpha value is -1.83. The lowest BCUT2D eigenvalue weighted by Gasteiger charge is -2.07. The van der Waals surface area contributed by atoms with Gasteiger partial charge in [0.05, 0.1) is 5.57 Å². The van der Waals surface area contributed by atoms with Gasteiger partial charge in [0, 0.05) is 0 Å². The van der Waals surface area contributed by atoms with Crippen LogP contribution in [0.2, 0.25) is 0 Å². The highest BCUT2D eigenvalue weighted by molar-refractivity contribution is 6.02. The highest BCUT2D eigenvalue weighted by Gasteiger charge is 2.18. The lowest BCUT2D eigenvalue weighted by Crippen LogP contribution is -2.27. The Kier molecular flexibility index (Phi) is 3.50. The molecule has 0 spiro atoms. The van der Waals surface area contributed by atoms with Crippen LogP contribution in [0.25, 0.3) is 0 Å². The summed E-state index contributed by atoms with van der Waals surface area (Å²) in [5.74, 6) is -0.642. The van der Waals surface area contributed by atoms with Crippen molar-refractivity contribution in [1.82, 2.24) is 0 Å². The number of hydrogen-bond acceptors (Lipinski definition) is 4. The first kappa shape index (κ1) is 10.2. The molecule has 64 valence electrons. The predicted octanol–water partition coefficient (Wildman–Crippen LogP) is 0.119. The second-order valence-electron chi connectivity index (χ2n) is 2.03. The Morgan fingerprint density at radius 1 is 1.67 bits per heavy atom. The van der Waals surface area contributed by atoms with Crippen LogP contribution in [0.4, 0.5) is 4.79 Å². The molecule has 1 unspecified atom stereocenters. The molecule has 0 radical (unpaired) electrons. The molecule has 0 aliphatic rings. The number of primary amides is 1. The van der Waals surface area contributed by atoms with Crippen LogP contribution in [-0.4, -0.2) is 18.0 Å². The smallest absolute Gasteiger partial charge is 0.405 e. The van der Waals surface area contributed by atoms with Gasteiger partial charge >= 0.3 is 6.09 Å². The number of Topliss-reactive ketones (excluding diaryl/α,β-unsaturated/α-hetero) is 1. The van der Waals surface area contributed by atoms with E-state index in [1.165, 1.54) is 6.92 Å². The van der Waals surface area contributed by atoms with E-state index in [1.807, 2.05) is 0 Å². The number of hydrogen-bond donors (Lipinski definition) is 1. The normalized spacial score (nSPS) is 11.0. The van der Waals surface area contributed by atoms with Gasteiger partial charge in [-0.1, -0.05) is 6.58 Å². The number of nitrogens with zero attached hydrogens (tertiary/aromatic N) is 1. The zero-order valence-electron chi connectivity index (χ0n) is 6.53. The van der Waals surface area contributed by atoms with E-state index in [0.29, 0.717) is 0 Å². The molecule has 0 rings (SSSR count). The van der Waals surface area contributed by atoms with Crippen LogP contribution in [0.5, 0.6) is 0 Å². The van der Waals surface area contributed by atoms with Gasteiger partial charge in [0.25, 0.3) is 0 Å². The van der Waals surface area contributed by atoms with Gasteiger partial charge in [-0.2, -0.15) is 5.26 Å². The van der Waals surface area contributed by atoms with Crippen molar-refractivity contribution >= 4 is 11.9 Å². The largest absolute Gasteiger partial charge is 0.438 e. The minimum Gasteiger partial charge on any atom is -0.438 e. The Bertz CT molecular complexity index is 264. The van der Waals surface area contributed by atoms with Crippen LogP contribution in [-0.2, 0) is 9.53 Å². The van der Waals surface area contributed by atoms with E-state index in [4.69, 9.17) is 5.26 Å². The lowest BCUT2D eigenvalue weighted by atomic mass is 10.1. The molecule has 0 saturated carbocycles. The van der Waals surface area contributed by atoms with Gasteiger partial charge in [0.1, 0.15) is 6.07 Å². The fraction of sp³-hybridized carbons (Fsp3) is 0.286. The minimum atomic E-state index is -1.05. The molecule has 0 aromatic rings. The van der Waals surface area contributed by atoms with Crippen LogP contribution < -0.4 is 5.73 Å². The van der Waals surface area contributed by atoms with E-state index in [9.17, 15) is 9.59 Å². The van der Waals surface area contributed by atoms with Crippen molar-refractivity contribution in [3.05, 3.63) is 12.2 Å². The van der Waals surface area contributed by atoms with Crippen molar-refractivity contribution in [1.29, 1.82) is 5.26 Å². The van der Waals surface area contributed by atoms with E-state index in [2.05, 4.69) is 17.0 Å². The molecule has 12 heavy (non-hydrogen) atoms. The second kappa shape index (κ2) is 4.13. The van der Waals surface area contributed by atoms with Gasteiger partial charge in [-0.3, -0.25) is 4.79 Å². The molecule has 0 bridgehead atoms. The van der Waals surface area contributed by atoms with Crippen LogP contribution in [0.3, 0.4) is 0 Å². The van der Waals surface area contributed by atoms with E-state index in [-0.39, 0.29) is 5.57 Å². The zero-order valence-corrected chi connectivity index (χ0v) is 6.53. The molecule has 0 heterocycles. The molecule has 0 aromatic carbocycles. The third kappa shape index (κ3) is 2.84. The summed E-state index contributed by atoms with van der Waals surface area (Å²) in [5.41, 5.74) is 4.39. The van der Waals surface area contributed by atoms with Gasteiger partial charge in [0.15, 0.2) is 6.10 Å². The molecule has 0 aliphatic heterocycles. The average Bonchev–Trinajstić information content (AvgIpc) is 2.00. The van der Waals surface area contributed by atoms with Crippen LogP contribution in [0.1, 0.15) is 6.92 Å². The Morgan fingerprint density at radius 3 is 2.50 bits per heavy atom. The van der Waals surface area contributed by atoms with Gasteiger partial charge in [-0.05, 0) is 6.92 Å². The molecule has 5 nitrogen and oxygen atoms in total. The zero-order chi connectivity index (χ0) is 9.72. The molecule has 0 aromatic heterocycles. The molecular formula is C7H8N2O3. The summed E-state index contributed by atoms with van der Waals surface area (Å²) in [6.45, 7) is 4.47. The van der Waals surface area contributed by atoms with Crippen LogP contribution >= 0.6 is 0 Å². The molecule has 5 heteroatoms. The number of ketones is 1. The summed E-state index contributed by atoms with van der Waals surface area (Å²) in [7, 11) is 0. The SMILES string of the molecule is C=C(C#N)C(=O)C(C)OC(N)=O. The standard InChI is InChI=1S/C7H8N2O3/c1-4(3-8)6(10)5(2)12-7(9)11/h5H,1H2,2H3,(H2,9,11). The molecule has 2 N–H and O–H groups in total. The lowest BCUT2D eigenvalue weighted by molar-refractivity contribution is -0.122. The number of rotatable bonds is 3. The third-order valence-electron chi connectivity index (χ3n) is 1.09. The summed E-state index contributed by atoms with van der Waals surface area (Å²) in [6.07, 6.45) is -2.10. The molecule has 0 aliphatic carbocycles. The van der Waals surface area contributed by atoms with Crippen molar-refractivity contribution in [2.75, 3.05) is 0 Å². The molecule has 1 amide bonds. The van der Waals surface area contributed by atoms with E-state index in [1.54, 1.807) is 6.07 Å². The summed E-state index contributed by atoms with van der Waals surface area (Å²) in [5, 5.41) is 8.25. The van der Waals surface area contributed by atoms with E-state index < -0.39 is 18.0 Å². The summed E-state index contributed by atoms with van der Waals surface area (Å²) in [4.78, 5) is 21.1. The van der Waals surface area contributed by atoms with Crippen LogP contribution in [0, 0.1) is 11.3 Å². The highest BCUT2D eigenvalue weighted by atomic mass is 16.6. The van der Waals surface area contributed by atoms with Gasteiger partial charge in [-0.15, -0.1) is 0 Å². The first-order chi connectivity index (χ1) is 5.49. The van der Waals surface area contributed by atoms with Gasteiger partial charge in [0.2, 0.25) is 5.78 Å². The fourth-order valence-corrected chi connectivity index (χ4v) is 0.528. The number of nitriles is 1. The van der Waals surface area contributed by atoms with Crippen molar-refractivity contribution in [2.45, 2.75) is 13.0 Å². The van der Waals surface area contributed by atoms with Gasteiger partial charge in [-0.25, -0.2) is 4.79 Å². The quantitative estimate of drug-likeness (QED) is 0.478. The average molecular weight is 168 g/mol. The molecule has 0 saturated heterocycles. The second-order valence-corrected chi connectivity index (χ2v) is 2.03. The number of nitrogens with two attached hydrogens (primary N) is 1. The van der Waals surface area contributed by atoms with Crippen molar-refractivity contribution in [2.24, 2.45) is 5.73 Å². The predicted molar refractivity (Wildman–Crippen MR) is 39.9 cm³/mol. The van der Waals surface area contributed by atoms with E-state index in [0.717, 1.165) is 0 Å². The number of carbonyl (C=O) groups is 2. The topological polar surface area (TPSA) is 93.2 Å². The summed E-state index contributed by atoms with van der Waals surface area (Å²) < 4.78 is 4.31. The fourth-order valence-electron chi connectivity index (χ4n) is 0.528. The van der Waals surface area contributed by atoms with E-state index >= 15 is 0 Å². The number of carbonyl (C=O) groups excluding carboxylic acids is 2. The van der Waals surface area contributed by atoms with Crippen molar-refractivity contribution in [3.8, 4) is 6.07 Å². The maximum Gasteiger partial charge on any atom is 0.405 e. The summed E-state index contributed by atoms with van der Waals surface area (Å²) >= 11 is 0. The Morgan fingerprint density at radius 2 is 2.17 bits per heavy atom. The monoisotopic (exact) mass is 168 g/mol. The highest BCUT2D eigenvalue weighted by Crippen LogP contribution is 2.00. The Balaban J connectivity index is 4.22. The van der Waals surface area contributed by atoms with Crippen molar-refractivity contribution < 1.29 is 14.3 Å². The maximum atomic E-state index is 11.0. The summed E-state index contributed by atoms with van der Waals surface area (Å²) in [6, 6.07) is 1.54. The maximum absolute atomic E-state index is 11.0. The van der Waals surface area contributed by atoms with Gasteiger partial charge < -0.3 is 10.5 Å². The van der Waals surface area contributed by atoms with Crippen LogP contribution in [0.15, 0.2) is 12.2 Å². The minimum absolute atomic E-state index is 0.260. The number of amides is 1. The Labute approximate surface area is 69.4 Å². The molecule has 1 atom stereocenters. The molecular weight excluding hydrogens is 160 g/mol. The third-order valence-corrected chi connectivity index (χ3v) is 1.09. The number of ether oxygens (including phenoxy) is 1.